The molecule has 125 valence electrons. The minimum Gasteiger partial charge on any atom is -0.393 e. The van der Waals surface area contributed by atoms with Crippen LogP contribution < -0.4 is 0 Å². The van der Waals surface area contributed by atoms with Crippen molar-refractivity contribution in [2.75, 3.05) is 19.0 Å². The molecule has 0 rings (SSSR count). The van der Waals surface area contributed by atoms with Gasteiger partial charge in [-0.05, 0) is 31.7 Å². The summed E-state index contributed by atoms with van der Waals surface area (Å²) < 4.78 is 11.6. The van der Waals surface area contributed by atoms with Gasteiger partial charge in [0.1, 0.15) is 0 Å². The van der Waals surface area contributed by atoms with Gasteiger partial charge < -0.3 is 8.85 Å². The Morgan fingerprint density at radius 3 is 2.14 bits per heavy atom. The fourth-order valence-corrected chi connectivity index (χ4v) is 4.41. The first kappa shape index (κ1) is 21.2. The molecule has 0 saturated carbocycles. The third-order valence-corrected chi connectivity index (χ3v) is 5.79. The monoisotopic (exact) mass is 333 g/mol. The van der Waals surface area contributed by atoms with Crippen LogP contribution in [-0.4, -0.2) is 33.4 Å². The second-order valence-electron chi connectivity index (χ2n) is 5.20. The zero-order valence-corrected chi connectivity index (χ0v) is 15.9. The number of rotatable bonds is 15. The average Bonchev–Trinajstić information content (AvgIpc) is 2.49. The molecule has 0 aromatic heterocycles. The van der Waals surface area contributed by atoms with E-state index < -0.39 is 9.28 Å². The normalized spacial score (nSPS) is 11.2. The molecular formula is C16H33O3SSi. The SMILES string of the molecule is CCCCCC(=O)SCCCC[Si](OCCC)OCCC. The van der Waals surface area contributed by atoms with Crippen molar-refractivity contribution in [1.82, 2.24) is 0 Å². The molecule has 0 aliphatic rings. The van der Waals surface area contributed by atoms with Crippen LogP contribution in [0, 0.1) is 0 Å². The molecule has 0 spiro atoms. The standard InChI is InChI=1S/C16H33O3SSi/c1-4-7-8-11-16(17)20-14-9-10-15-21(18-12-5-2)19-13-6-3/h4-15H2,1-3H3. The molecule has 0 atom stereocenters. The number of carbonyl (C=O) groups is 1. The highest BCUT2D eigenvalue weighted by atomic mass is 32.2. The van der Waals surface area contributed by atoms with Gasteiger partial charge >= 0.3 is 9.28 Å². The molecule has 0 amide bonds. The molecule has 1 radical (unpaired) electrons. The van der Waals surface area contributed by atoms with Crippen molar-refractivity contribution < 1.29 is 13.6 Å². The predicted octanol–water partition coefficient (Wildman–Crippen LogP) is 4.95. The molecule has 0 fully saturated rings. The van der Waals surface area contributed by atoms with Crippen molar-refractivity contribution in [2.24, 2.45) is 0 Å². The minimum absolute atomic E-state index is 0.360. The Balaban J connectivity index is 3.57. The van der Waals surface area contributed by atoms with E-state index in [4.69, 9.17) is 8.85 Å². The van der Waals surface area contributed by atoms with Gasteiger partial charge in [-0.25, -0.2) is 0 Å². The topological polar surface area (TPSA) is 35.5 Å². The second-order valence-corrected chi connectivity index (χ2v) is 8.18. The first-order chi connectivity index (χ1) is 10.2. The smallest absolute Gasteiger partial charge is 0.384 e. The maximum absolute atomic E-state index is 11.6. The van der Waals surface area contributed by atoms with Crippen LogP contribution in [0.25, 0.3) is 0 Å². The quantitative estimate of drug-likeness (QED) is 0.314. The number of thioether (sulfide) groups is 1. The Labute approximate surface area is 137 Å². The van der Waals surface area contributed by atoms with Gasteiger partial charge in [0.15, 0.2) is 5.12 Å². The van der Waals surface area contributed by atoms with E-state index in [1.165, 1.54) is 24.6 Å². The van der Waals surface area contributed by atoms with Crippen LogP contribution in [0.15, 0.2) is 0 Å². The summed E-state index contributed by atoms with van der Waals surface area (Å²) in [4.78, 5) is 11.6. The van der Waals surface area contributed by atoms with E-state index in [2.05, 4.69) is 20.8 Å². The van der Waals surface area contributed by atoms with E-state index in [0.29, 0.717) is 5.12 Å². The van der Waals surface area contributed by atoms with Gasteiger partial charge in [-0.15, -0.1) is 0 Å². The van der Waals surface area contributed by atoms with Crippen LogP contribution in [-0.2, 0) is 13.6 Å². The number of hydrogen-bond donors (Lipinski definition) is 0. The largest absolute Gasteiger partial charge is 0.393 e. The molecule has 0 saturated heterocycles. The van der Waals surface area contributed by atoms with Crippen molar-refractivity contribution >= 4 is 26.2 Å². The van der Waals surface area contributed by atoms with Gasteiger partial charge in [0.05, 0.1) is 0 Å². The molecule has 3 nitrogen and oxygen atoms in total. The number of hydrogen-bond acceptors (Lipinski definition) is 4. The molecule has 0 aromatic rings. The summed E-state index contributed by atoms with van der Waals surface area (Å²) in [5, 5.41) is 0.360. The van der Waals surface area contributed by atoms with Crippen LogP contribution >= 0.6 is 11.8 Å². The van der Waals surface area contributed by atoms with Crippen molar-refractivity contribution in [1.29, 1.82) is 0 Å². The number of carbonyl (C=O) groups excluding carboxylic acids is 1. The lowest BCUT2D eigenvalue weighted by molar-refractivity contribution is -0.111. The van der Waals surface area contributed by atoms with Crippen molar-refractivity contribution in [3.63, 3.8) is 0 Å². The van der Waals surface area contributed by atoms with Crippen LogP contribution in [0.3, 0.4) is 0 Å². The van der Waals surface area contributed by atoms with E-state index in [1.807, 2.05) is 0 Å². The Morgan fingerprint density at radius 1 is 0.905 bits per heavy atom. The zero-order valence-electron chi connectivity index (χ0n) is 14.1. The fraction of sp³-hybridized carbons (Fsp3) is 0.938. The Kier molecular flexibility index (Phi) is 16.6. The third kappa shape index (κ3) is 14.8. The highest BCUT2D eigenvalue weighted by Gasteiger charge is 2.14. The van der Waals surface area contributed by atoms with Crippen molar-refractivity contribution in [3.05, 3.63) is 0 Å². The highest BCUT2D eigenvalue weighted by Crippen LogP contribution is 2.14. The molecule has 21 heavy (non-hydrogen) atoms. The maximum Gasteiger partial charge on any atom is 0.384 e. The van der Waals surface area contributed by atoms with Gasteiger partial charge in [-0.3, -0.25) is 4.79 Å². The maximum atomic E-state index is 11.6. The summed E-state index contributed by atoms with van der Waals surface area (Å²) in [5.74, 6) is 0.946. The predicted molar refractivity (Wildman–Crippen MR) is 93.9 cm³/mol. The zero-order chi connectivity index (χ0) is 15.8. The molecule has 0 aliphatic heterocycles. The summed E-state index contributed by atoms with van der Waals surface area (Å²) in [7, 11) is -1.08. The Hall–Kier alpha value is 0.157. The third-order valence-electron chi connectivity index (χ3n) is 2.96. The van der Waals surface area contributed by atoms with E-state index >= 15 is 0 Å². The van der Waals surface area contributed by atoms with Crippen LogP contribution in [0.5, 0.6) is 0 Å². The number of unbranched alkanes of at least 4 members (excludes halogenated alkanes) is 3. The van der Waals surface area contributed by atoms with E-state index in [0.717, 1.165) is 63.5 Å². The highest BCUT2D eigenvalue weighted by molar-refractivity contribution is 8.13. The molecule has 0 bridgehead atoms. The molecule has 0 N–H and O–H groups in total. The fourth-order valence-electron chi connectivity index (χ4n) is 1.77. The molecular weight excluding hydrogens is 300 g/mol. The summed E-state index contributed by atoms with van der Waals surface area (Å²) in [6, 6.07) is 1.04. The summed E-state index contributed by atoms with van der Waals surface area (Å²) in [5.41, 5.74) is 0. The van der Waals surface area contributed by atoms with Gasteiger partial charge in [-0.2, -0.15) is 0 Å². The van der Waals surface area contributed by atoms with Crippen LogP contribution in [0.4, 0.5) is 0 Å². The molecule has 0 unspecified atom stereocenters. The van der Waals surface area contributed by atoms with Crippen LogP contribution in [0.2, 0.25) is 6.04 Å². The molecule has 0 aromatic carbocycles. The first-order valence-electron chi connectivity index (χ1n) is 8.51. The van der Waals surface area contributed by atoms with Crippen LogP contribution in [0.1, 0.15) is 72.1 Å². The summed E-state index contributed by atoms with van der Waals surface area (Å²) in [6.45, 7) is 8.03. The molecule has 5 heteroatoms. The van der Waals surface area contributed by atoms with Crippen molar-refractivity contribution in [3.8, 4) is 0 Å². The van der Waals surface area contributed by atoms with Gasteiger partial charge in [0.25, 0.3) is 0 Å². The second kappa shape index (κ2) is 16.5. The Morgan fingerprint density at radius 2 is 1.57 bits per heavy atom. The summed E-state index contributed by atoms with van der Waals surface area (Å²) in [6.07, 6.45) is 8.43. The average molecular weight is 334 g/mol. The Bertz CT molecular complexity index is 232. The molecule has 0 heterocycles. The van der Waals surface area contributed by atoms with Gasteiger partial charge in [0, 0.05) is 25.4 Å². The first-order valence-corrected chi connectivity index (χ1v) is 11.0. The van der Waals surface area contributed by atoms with E-state index in [1.54, 1.807) is 0 Å². The lowest BCUT2D eigenvalue weighted by Crippen LogP contribution is -2.23. The lowest BCUT2D eigenvalue weighted by Gasteiger charge is -2.14. The molecule has 0 aliphatic carbocycles. The lowest BCUT2D eigenvalue weighted by atomic mass is 10.2. The van der Waals surface area contributed by atoms with E-state index in [-0.39, 0.29) is 0 Å². The van der Waals surface area contributed by atoms with Gasteiger partial charge in [-0.1, -0.05) is 51.8 Å². The summed E-state index contributed by atoms with van der Waals surface area (Å²) >= 11 is 1.51. The minimum atomic E-state index is -1.08. The van der Waals surface area contributed by atoms with E-state index in [9.17, 15) is 4.79 Å². The van der Waals surface area contributed by atoms with Gasteiger partial charge in [0.2, 0.25) is 0 Å². The van der Waals surface area contributed by atoms with Crippen molar-refractivity contribution in [2.45, 2.75) is 78.2 Å².